The van der Waals surface area contributed by atoms with Gasteiger partial charge in [0.1, 0.15) is 11.6 Å². The molecule has 0 bridgehead atoms. The number of hydrogen-bond acceptors (Lipinski definition) is 4. The number of ketones is 1. The molecule has 3 aromatic rings. The SMILES string of the molecule is O=C(/C=C/c1ccc(OCCc2ccc(N3C(=O)C=CC3=O)cc2)cc1)c1ccc(F)cc1. The minimum absolute atomic E-state index is 0.198. The van der Waals surface area contributed by atoms with E-state index in [0.29, 0.717) is 30.0 Å². The molecular formula is C27H20FNO4. The maximum absolute atomic E-state index is 13.0. The zero-order chi connectivity index (χ0) is 23.2. The molecule has 0 N–H and O–H groups in total. The summed E-state index contributed by atoms with van der Waals surface area (Å²) in [6.45, 7) is 0.459. The molecule has 0 saturated carbocycles. The zero-order valence-electron chi connectivity index (χ0n) is 17.6. The van der Waals surface area contributed by atoms with E-state index in [1.54, 1.807) is 18.2 Å². The molecule has 0 aliphatic carbocycles. The summed E-state index contributed by atoms with van der Waals surface area (Å²) >= 11 is 0. The third-order valence-corrected chi connectivity index (χ3v) is 5.10. The first-order valence-corrected chi connectivity index (χ1v) is 10.4. The van der Waals surface area contributed by atoms with Gasteiger partial charge < -0.3 is 4.74 Å². The number of rotatable bonds is 8. The Morgan fingerprint density at radius 1 is 0.848 bits per heavy atom. The van der Waals surface area contributed by atoms with E-state index in [-0.39, 0.29) is 23.4 Å². The molecule has 2 amide bonds. The average Bonchev–Trinajstić information content (AvgIpc) is 3.17. The molecule has 0 saturated heterocycles. The Hall–Kier alpha value is -4.32. The molecule has 0 atom stereocenters. The van der Waals surface area contributed by atoms with Gasteiger partial charge in [-0.1, -0.05) is 30.3 Å². The van der Waals surface area contributed by atoms with Crippen molar-refractivity contribution in [1.29, 1.82) is 0 Å². The second kappa shape index (κ2) is 9.87. The van der Waals surface area contributed by atoms with Crippen LogP contribution < -0.4 is 9.64 Å². The number of benzene rings is 3. The summed E-state index contributed by atoms with van der Waals surface area (Å²) < 4.78 is 18.7. The number of anilines is 1. The third-order valence-electron chi connectivity index (χ3n) is 5.10. The fraction of sp³-hybridized carbons (Fsp3) is 0.0741. The van der Waals surface area contributed by atoms with Crippen molar-refractivity contribution in [2.75, 3.05) is 11.5 Å². The van der Waals surface area contributed by atoms with Gasteiger partial charge in [0.05, 0.1) is 12.3 Å². The molecule has 0 radical (unpaired) electrons. The lowest BCUT2D eigenvalue weighted by Gasteiger charge is -2.14. The molecule has 1 aliphatic rings. The first kappa shape index (κ1) is 21.9. The van der Waals surface area contributed by atoms with Gasteiger partial charge in [-0.25, -0.2) is 9.29 Å². The van der Waals surface area contributed by atoms with Gasteiger partial charge >= 0.3 is 0 Å². The third kappa shape index (κ3) is 5.49. The summed E-state index contributed by atoms with van der Waals surface area (Å²) in [5, 5.41) is 0. The highest BCUT2D eigenvalue weighted by Gasteiger charge is 2.24. The number of ether oxygens (including phenoxy) is 1. The van der Waals surface area contributed by atoms with Crippen LogP contribution in [0, 0.1) is 5.82 Å². The summed E-state index contributed by atoms with van der Waals surface area (Å²) in [5.74, 6) is -0.553. The zero-order valence-corrected chi connectivity index (χ0v) is 17.6. The molecule has 164 valence electrons. The van der Waals surface area contributed by atoms with E-state index >= 15 is 0 Å². The van der Waals surface area contributed by atoms with Gasteiger partial charge in [0.2, 0.25) is 0 Å². The van der Waals surface area contributed by atoms with Gasteiger partial charge in [0.25, 0.3) is 11.8 Å². The van der Waals surface area contributed by atoms with Crippen molar-refractivity contribution in [2.45, 2.75) is 6.42 Å². The van der Waals surface area contributed by atoms with E-state index in [4.69, 9.17) is 4.74 Å². The van der Waals surface area contributed by atoms with Crippen molar-refractivity contribution < 1.29 is 23.5 Å². The summed E-state index contributed by atoms with van der Waals surface area (Å²) in [6.07, 6.45) is 6.33. The molecule has 1 heterocycles. The quantitative estimate of drug-likeness (QED) is 0.287. The van der Waals surface area contributed by atoms with Crippen molar-refractivity contribution >= 4 is 29.4 Å². The Morgan fingerprint density at radius 3 is 2.12 bits per heavy atom. The number of allylic oxidation sites excluding steroid dienone is 1. The number of nitrogens with zero attached hydrogens (tertiary/aromatic N) is 1. The molecule has 4 rings (SSSR count). The van der Waals surface area contributed by atoms with E-state index in [0.717, 1.165) is 16.0 Å². The molecule has 33 heavy (non-hydrogen) atoms. The normalized spacial score (nSPS) is 13.2. The Balaban J connectivity index is 1.26. The first-order chi connectivity index (χ1) is 16.0. The summed E-state index contributed by atoms with van der Waals surface area (Å²) in [7, 11) is 0. The molecule has 1 aliphatic heterocycles. The molecule has 0 unspecified atom stereocenters. The highest BCUT2D eigenvalue weighted by atomic mass is 19.1. The fourth-order valence-electron chi connectivity index (χ4n) is 3.31. The molecule has 0 fully saturated rings. The van der Waals surface area contributed by atoms with Gasteiger partial charge in [0.15, 0.2) is 5.78 Å². The summed E-state index contributed by atoms with van der Waals surface area (Å²) in [5.41, 5.74) is 2.83. The van der Waals surface area contributed by atoms with Crippen molar-refractivity contribution in [3.63, 3.8) is 0 Å². The number of hydrogen-bond donors (Lipinski definition) is 0. The van der Waals surface area contributed by atoms with Crippen LogP contribution in [0.15, 0.2) is 91.0 Å². The molecule has 0 spiro atoms. The summed E-state index contributed by atoms with van der Waals surface area (Å²) in [6, 6.07) is 20.0. The number of carbonyl (C=O) groups excluding carboxylic acids is 3. The molecule has 3 aromatic carbocycles. The van der Waals surface area contributed by atoms with Crippen LogP contribution in [0.2, 0.25) is 0 Å². The number of halogens is 1. The lowest BCUT2D eigenvalue weighted by molar-refractivity contribution is -0.119. The molecular weight excluding hydrogens is 421 g/mol. The average molecular weight is 441 g/mol. The lowest BCUT2D eigenvalue weighted by Crippen LogP contribution is -2.29. The van der Waals surface area contributed by atoms with Crippen LogP contribution in [0.1, 0.15) is 21.5 Å². The first-order valence-electron chi connectivity index (χ1n) is 10.4. The van der Waals surface area contributed by atoms with Crippen molar-refractivity contribution in [3.05, 3.63) is 114 Å². The topological polar surface area (TPSA) is 63.7 Å². The number of carbonyl (C=O) groups is 3. The van der Waals surface area contributed by atoms with E-state index in [9.17, 15) is 18.8 Å². The Bertz CT molecular complexity index is 1210. The Kier molecular flexibility index (Phi) is 6.55. The van der Waals surface area contributed by atoms with Gasteiger partial charge in [-0.05, 0) is 65.7 Å². The Labute approximate surface area is 190 Å². The monoisotopic (exact) mass is 441 g/mol. The van der Waals surface area contributed by atoms with Gasteiger partial charge in [0, 0.05) is 24.1 Å². The van der Waals surface area contributed by atoms with Gasteiger partial charge in [-0.15, -0.1) is 0 Å². The largest absolute Gasteiger partial charge is 0.493 e. The van der Waals surface area contributed by atoms with Gasteiger partial charge in [-0.3, -0.25) is 14.4 Å². The minimum atomic E-state index is -0.379. The predicted molar refractivity (Wildman–Crippen MR) is 123 cm³/mol. The maximum Gasteiger partial charge on any atom is 0.258 e. The standard InChI is InChI=1S/C27H20FNO4/c28-22-8-6-21(7-9-22)25(30)14-5-19-3-12-24(13-4-19)33-18-17-20-1-10-23(11-2-20)29-26(31)15-16-27(29)32/h1-16H,17-18H2/b14-5+. The van der Waals surface area contributed by atoms with Crippen LogP contribution in [0.5, 0.6) is 5.75 Å². The van der Waals surface area contributed by atoms with Gasteiger partial charge in [-0.2, -0.15) is 0 Å². The fourth-order valence-corrected chi connectivity index (χ4v) is 3.31. The van der Waals surface area contributed by atoms with Crippen molar-refractivity contribution in [3.8, 4) is 5.75 Å². The van der Waals surface area contributed by atoms with Crippen molar-refractivity contribution in [2.24, 2.45) is 0 Å². The van der Waals surface area contributed by atoms with E-state index in [1.165, 1.54) is 42.5 Å². The summed E-state index contributed by atoms with van der Waals surface area (Å²) in [4.78, 5) is 36.7. The van der Waals surface area contributed by atoms with E-state index < -0.39 is 0 Å². The maximum atomic E-state index is 13.0. The smallest absolute Gasteiger partial charge is 0.258 e. The number of imide groups is 1. The van der Waals surface area contributed by atoms with E-state index in [2.05, 4.69) is 0 Å². The molecule has 0 aromatic heterocycles. The van der Waals surface area contributed by atoms with Crippen LogP contribution in [0.25, 0.3) is 6.08 Å². The van der Waals surface area contributed by atoms with Crippen LogP contribution in [0.3, 0.4) is 0 Å². The second-order valence-corrected chi connectivity index (χ2v) is 7.38. The minimum Gasteiger partial charge on any atom is -0.493 e. The lowest BCUT2D eigenvalue weighted by atomic mass is 10.1. The number of amides is 2. The Morgan fingerprint density at radius 2 is 1.48 bits per heavy atom. The second-order valence-electron chi connectivity index (χ2n) is 7.38. The van der Waals surface area contributed by atoms with E-state index in [1.807, 2.05) is 36.4 Å². The van der Waals surface area contributed by atoms with Crippen LogP contribution >= 0.6 is 0 Å². The highest BCUT2D eigenvalue weighted by molar-refractivity contribution is 6.28. The predicted octanol–water partition coefficient (Wildman–Crippen LogP) is 4.77. The molecule has 5 nitrogen and oxygen atoms in total. The van der Waals surface area contributed by atoms with Crippen LogP contribution in [-0.2, 0) is 16.0 Å². The molecule has 6 heteroatoms. The highest BCUT2D eigenvalue weighted by Crippen LogP contribution is 2.20. The van der Waals surface area contributed by atoms with Crippen LogP contribution in [0.4, 0.5) is 10.1 Å². The van der Waals surface area contributed by atoms with Crippen molar-refractivity contribution in [1.82, 2.24) is 0 Å². The van der Waals surface area contributed by atoms with Crippen LogP contribution in [-0.4, -0.2) is 24.2 Å².